The molecule has 1 aliphatic rings. The van der Waals surface area contributed by atoms with Crippen molar-refractivity contribution in [2.24, 2.45) is 0 Å². The van der Waals surface area contributed by atoms with Gasteiger partial charge >= 0.3 is 11.8 Å². The Hall–Kier alpha value is -1.55. The number of nitrogens with zero attached hydrogens (tertiary/aromatic N) is 1. The second-order valence-corrected chi connectivity index (χ2v) is 5.05. The molecule has 2 rings (SSSR count). The van der Waals surface area contributed by atoms with Crippen molar-refractivity contribution in [2.75, 3.05) is 11.4 Å². The monoisotopic (exact) mass is 252 g/mol. The van der Waals surface area contributed by atoms with Crippen LogP contribution in [0.4, 0.5) is 5.69 Å². The lowest BCUT2D eigenvalue weighted by Gasteiger charge is -2.41. The Morgan fingerprint density at radius 2 is 1.82 bits per heavy atom. The van der Waals surface area contributed by atoms with Gasteiger partial charge in [0.2, 0.25) is 0 Å². The highest BCUT2D eigenvalue weighted by molar-refractivity contribution is 6.41. The number of amides is 2. The molecule has 0 spiro atoms. The molecule has 2 amide bonds. The zero-order valence-corrected chi connectivity index (χ0v) is 10.4. The van der Waals surface area contributed by atoms with Crippen LogP contribution in [-0.2, 0) is 9.59 Å². The van der Waals surface area contributed by atoms with E-state index in [0.29, 0.717) is 17.3 Å². The van der Waals surface area contributed by atoms with Crippen LogP contribution in [0.25, 0.3) is 0 Å². The first-order valence-electron chi connectivity index (χ1n) is 5.30. The second kappa shape index (κ2) is 4.04. The summed E-state index contributed by atoms with van der Waals surface area (Å²) >= 11 is 5.80. The molecule has 0 radical (unpaired) electrons. The molecule has 4 nitrogen and oxygen atoms in total. The number of benzene rings is 1. The van der Waals surface area contributed by atoms with Gasteiger partial charge in [0.1, 0.15) is 0 Å². The smallest absolute Gasteiger partial charge is 0.316 e. The average molecular weight is 253 g/mol. The number of piperazine rings is 1. The average Bonchev–Trinajstić information content (AvgIpc) is 2.27. The van der Waals surface area contributed by atoms with Crippen molar-refractivity contribution >= 4 is 29.1 Å². The summed E-state index contributed by atoms with van der Waals surface area (Å²) in [6.07, 6.45) is 0. The van der Waals surface area contributed by atoms with Crippen molar-refractivity contribution < 1.29 is 9.59 Å². The van der Waals surface area contributed by atoms with E-state index < -0.39 is 17.4 Å². The van der Waals surface area contributed by atoms with Crippen LogP contribution >= 0.6 is 11.6 Å². The SMILES string of the molecule is CC1(C)CNC(=O)C(=O)N1c1ccc(Cl)cc1. The molecule has 1 heterocycles. The predicted molar refractivity (Wildman–Crippen MR) is 66.0 cm³/mol. The quantitative estimate of drug-likeness (QED) is 0.772. The van der Waals surface area contributed by atoms with Crippen LogP contribution in [0.3, 0.4) is 0 Å². The first-order chi connectivity index (χ1) is 7.92. The highest BCUT2D eigenvalue weighted by atomic mass is 35.5. The van der Waals surface area contributed by atoms with Crippen LogP contribution in [0, 0.1) is 0 Å². The standard InChI is InChI=1S/C12H13ClN2O2/c1-12(2)7-14-10(16)11(17)15(12)9-5-3-8(13)4-6-9/h3-6H,7H2,1-2H3,(H,14,16). The predicted octanol–water partition coefficient (Wildman–Crippen LogP) is 1.58. The van der Waals surface area contributed by atoms with Crippen molar-refractivity contribution in [1.82, 2.24) is 5.32 Å². The van der Waals surface area contributed by atoms with E-state index >= 15 is 0 Å². The first kappa shape index (κ1) is 11.9. The molecule has 0 unspecified atom stereocenters. The minimum atomic E-state index is -0.570. The molecule has 90 valence electrons. The molecule has 0 aromatic heterocycles. The molecule has 1 N–H and O–H groups in total. The molecule has 1 aromatic carbocycles. The molecule has 1 aliphatic heterocycles. The van der Waals surface area contributed by atoms with Crippen LogP contribution < -0.4 is 10.2 Å². The highest BCUT2D eigenvalue weighted by Crippen LogP contribution is 2.27. The van der Waals surface area contributed by atoms with E-state index in [1.54, 1.807) is 24.3 Å². The number of carbonyl (C=O) groups excluding carboxylic acids is 2. The van der Waals surface area contributed by atoms with E-state index in [-0.39, 0.29) is 0 Å². The molecule has 1 fully saturated rings. The second-order valence-electron chi connectivity index (χ2n) is 4.61. The largest absolute Gasteiger partial charge is 0.345 e. The van der Waals surface area contributed by atoms with E-state index in [0.717, 1.165) is 0 Å². The van der Waals surface area contributed by atoms with Gasteiger partial charge in [-0.05, 0) is 38.1 Å². The summed E-state index contributed by atoms with van der Waals surface area (Å²) in [4.78, 5) is 24.8. The van der Waals surface area contributed by atoms with E-state index in [1.807, 2.05) is 13.8 Å². The number of hydrogen-bond acceptors (Lipinski definition) is 2. The maximum absolute atomic E-state index is 11.9. The number of nitrogens with one attached hydrogen (secondary N) is 1. The van der Waals surface area contributed by atoms with E-state index in [4.69, 9.17) is 11.6 Å². The summed E-state index contributed by atoms with van der Waals surface area (Å²) in [5, 5.41) is 3.17. The summed E-state index contributed by atoms with van der Waals surface area (Å²) in [7, 11) is 0. The molecular formula is C12H13ClN2O2. The number of rotatable bonds is 1. The Bertz CT molecular complexity index is 468. The fraction of sp³-hybridized carbons (Fsp3) is 0.333. The summed E-state index contributed by atoms with van der Waals surface area (Å²) in [5.41, 5.74) is 0.234. The molecule has 5 heteroatoms. The summed E-state index contributed by atoms with van der Waals surface area (Å²) in [6, 6.07) is 6.88. The maximum atomic E-state index is 11.9. The van der Waals surface area contributed by atoms with Gasteiger partial charge in [0.15, 0.2) is 0 Å². The minimum absolute atomic E-state index is 0.431. The molecule has 0 bridgehead atoms. The summed E-state index contributed by atoms with van der Waals surface area (Å²) in [5.74, 6) is -1.11. The number of anilines is 1. The van der Waals surface area contributed by atoms with Crippen LogP contribution in [-0.4, -0.2) is 23.9 Å². The Kier molecular flexibility index (Phi) is 2.83. The maximum Gasteiger partial charge on any atom is 0.316 e. The van der Waals surface area contributed by atoms with E-state index in [2.05, 4.69) is 5.32 Å². The van der Waals surface area contributed by atoms with Crippen LogP contribution in [0.15, 0.2) is 24.3 Å². The Morgan fingerprint density at radius 1 is 1.24 bits per heavy atom. The van der Waals surface area contributed by atoms with Crippen molar-refractivity contribution in [3.63, 3.8) is 0 Å². The van der Waals surface area contributed by atoms with Gasteiger partial charge in [-0.3, -0.25) is 14.5 Å². The van der Waals surface area contributed by atoms with Crippen molar-refractivity contribution in [1.29, 1.82) is 0 Å². The third-order valence-electron chi connectivity index (χ3n) is 2.77. The normalized spacial score (nSPS) is 19.1. The molecule has 0 aliphatic carbocycles. The van der Waals surface area contributed by atoms with Crippen LogP contribution in [0.2, 0.25) is 5.02 Å². The van der Waals surface area contributed by atoms with Gasteiger partial charge in [0, 0.05) is 17.3 Å². The molecular weight excluding hydrogens is 240 g/mol. The molecule has 1 saturated heterocycles. The number of carbonyl (C=O) groups is 2. The minimum Gasteiger partial charge on any atom is -0.345 e. The highest BCUT2D eigenvalue weighted by Gasteiger charge is 2.40. The Balaban J connectivity index is 2.42. The van der Waals surface area contributed by atoms with Crippen molar-refractivity contribution in [3.8, 4) is 0 Å². The molecule has 0 atom stereocenters. The lowest BCUT2D eigenvalue weighted by atomic mass is 9.98. The van der Waals surface area contributed by atoms with Crippen molar-refractivity contribution in [2.45, 2.75) is 19.4 Å². The fourth-order valence-electron chi connectivity index (χ4n) is 1.88. The van der Waals surface area contributed by atoms with Gasteiger partial charge < -0.3 is 5.32 Å². The van der Waals surface area contributed by atoms with Gasteiger partial charge in [0.25, 0.3) is 0 Å². The van der Waals surface area contributed by atoms with Gasteiger partial charge in [-0.1, -0.05) is 11.6 Å². The van der Waals surface area contributed by atoms with Gasteiger partial charge in [-0.25, -0.2) is 0 Å². The summed E-state index contributed by atoms with van der Waals surface area (Å²) in [6.45, 7) is 4.23. The Morgan fingerprint density at radius 3 is 2.41 bits per heavy atom. The van der Waals surface area contributed by atoms with E-state index in [1.165, 1.54) is 4.90 Å². The van der Waals surface area contributed by atoms with Crippen molar-refractivity contribution in [3.05, 3.63) is 29.3 Å². The van der Waals surface area contributed by atoms with Gasteiger partial charge in [0.05, 0.1) is 5.54 Å². The van der Waals surface area contributed by atoms with Crippen LogP contribution in [0.1, 0.15) is 13.8 Å². The third-order valence-corrected chi connectivity index (χ3v) is 3.02. The molecule has 1 aromatic rings. The molecule has 0 saturated carbocycles. The van der Waals surface area contributed by atoms with Crippen LogP contribution in [0.5, 0.6) is 0 Å². The lowest BCUT2D eigenvalue weighted by molar-refractivity contribution is -0.140. The molecule has 17 heavy (non-hydrogen) atoms. The lowest BCUT2D eigenvalue weighted by Crippen LogP contribution is -2.63. The zero-order chi connectivity index (χ0) is 12.6. The Labute approximate surface area is 105 Å². The topological polar surface area (TPSA) is 49.4 Å². The summed E-state index contributed by atoms with van der Waals surface area (Å²) < 4.78 is 0. The van der Waals surface area contributed by atoms with Gasteiger partial charge in [-0.2, -0.15) is 0 Å². The first-order valence-corrected chi connectivity index (χ1v) is 5.67. The number of halogens is 1. The zero-order valence-electron chi connectivity index (χ0n) is 9.66. The van der Waals surface area contributed by atoms with E-state index in [9.17, 15) is 9.59 Å². The fourth-order valence-corrected chi connectivity index (χ4v) is 2.01. The van der Waals surface area contributed by atoms with Gasteiger partial charge in [-0.15, -0.1) is 0 Å². The number of hydrogen-bond donors (Lipinski definition) is 1. The third kappa shape index (κ3) is 2.13.